The van der Waals surface area contributed by atoms with Gasteiger partial charge in [-0.05, 0) is 0 Å². The Bertz CT molecular complexity index is 385. The molecule has 0 radical (unpaired) electrons. The van der Waals surface area contributed by atoms with E-state index in [-0.39, 0.29) is 5.29 Å². The van der Waals surface area contributed by atoms with Crippen molar-refractivity contribution in [2.45, 2.75) is 0 Å². The highest BCUT2D eigenvalue weighted by atomic mass is 32.1. The molecule has 0 aromatic rings. The molecule has 0 saturated heterocycles. The molecule has 7 nitrogen and oxygen atoms in total. The second kappa shape index (κ2) is 7.60. The standard InChI is InChI=1S/C9H15O7PS/c1-12-8(10)6(7(18)9(11)13-2)17(14-3,15-4)16-5/h1-5H3. The molecule has 18 heavy (non-hydrogen) atoms. The predicted octanol–water partition coefficient (Wildman–Crippen LogP) is 0.576. The molecule has 0 saturated carbocycles. The fourth-order valence-electron chi connectivity index (χ4n) is 1.11. The van der Waals surface area contributed by atoms with E-state index in [1.54, 1.807) is 0 Å². The fraction of sp³-hybridized carbons (Fsp3) is 0.556. The van der Waals surface area contributed by atoms with E-state index in [1.165, 1.54) is 21.3 Å². The molecule has 0 aliphatic rings. The van der Waals surface area contributed by atoms with E-state index in [9.17, 15) is 9.59 Å². The highest BCUT2D eigenvalue weighted by Crippen LogP contribution is 2.51. The number of hydrogen-bond donors (Lipinski definition) is 0. The summed E-state index contributed by atoms with van der Waals surface area (Å²) in [7, 11) is 2.83. The van der Waals surface area contributed by atoms with Gasteiger partial charge in [0.05, 0.1) is 14.2 Å². The molecule has 0 aliphatic heterocycles. The van der Waals surface area contributed by atoms with Gasteiger partial charge < -0.3 is 23.0 Å². The first-order chi connectivity index (χ1) is 8.43. The molecule has 0 bridgehead atoms. The Morgan fingerprint density at radius 1 is 0.833 bits per heavy atom. The summed E-state index contributed by atoms with van der Waals surface area (Å²) in [5.41, 5.74) is 0. The van der Waals surface area contributed by atoms with Gasteiger partial charge in [-0.2, -0.15) is 0 Å². The molecule has 0 unspecified atom stereocenters. The average molecular weight is 298 g/mol. The minimum atomic E-state index is -3.24. The monoisotopic (exact) mass is 298 g/mol. The van der Waals surface area contributed by atoms with Crippen molar-refractivity contribution in [2.75, 3.05) is 35.5 Å². The van der Waals surface area contributed by atoms with Crippen LogP contribution >= 0.6 is 19.8 Å². The van der Waals surface area contributed by atoms with Crippen LogP contribution in [0.5, 0.6) is 0 Å². The van der Waals surface area contributed by atoms with Crippen molar-refractivity contribution >= 4 is 41.9 Å². The van der Waals surface area contributed by atoms with Crippen LogP contribution in [0.3, 0.4) is 0 Å². The molecule has 0 rings (SSSR count). The van der Waals surface area contributed by atoms with Gasteiger partial charge in [0.25, 0.3) is 7.57 Å². The van der Waals surface area contributed by atoms with Crippen molar-refractivity contribution < 1.29 is 32.6 Å². The van der Waals surface area contributed by atoms with Crippen LogP contribution in [0, 0.1) is 0 Å². The molecule has 0 aromatic carbocycles. The number of ether oxygens (including phenoxy) is 2. The summed E-state index contributed by atoms with van der Waals surface area (Å²) >= 11 is 4.86. The Balaban J connectivity index is 6.05. The number of rotatable bonds is 6. The maximum atomic E-state index is 11.7. The Labute approximate surface area is 111 Å². The maximum absolute atomic E-state index is 11.7. The maximum Gasteiger partial charge on any atom is 0.350 e. The average Bonchev–Trinajstić information content (AvgIpc) is 2.42. The third kappa shape index (κ3) is 3.37. The zero-order chi connectivity index (χ0) is 14.3. The van der Waals surface area contributed by atoms with Gasteiger partial charge in [0.15, 0.2) is 5.29 Å². The molecule has 0 spiro atoms. The number of carbonyl (C=O) groups excluding carboxylic acids is 2. The van der Waals surface area contributed by atoms with Gasteiger partial charge in [0, 0.05) is 21.3 Å². The summed E-state index contributed by atoms with van der Waals surface area (Å²) in [6, 6.07) is 0. The molecule has 0 amide bonds. The molecule has 0 aromatic heterocycles. The summed E-state index contributed by atoms with van der Waals surface area (Å²) in [6.45, 7) is 0. The van der Waals surface area contributed by atoms with Crippen LogP contribution in [0.2, 0.25) is 0 Å². The third-order valence-corrected chi connectivity index (χ3v) is 4.88. The lowest BCUT2D eigenvalue weighted by molar-refractivity contribution is -0.134. The van der Waals surface area contributed by atoms with Crippen LogP contribution in [0.15, 0.2) is 0 Å². The SMILES string of the molecule is COC(=O)C(=S)C(C(=O)OC)=P(OC)(OC)OC. The molecular formula is C9H15O7PS. The van der Waals surface area contributed by atoms with E-state index in [0.29, 0.717) is 0 Å². The number of hydrogen-bond acceptors (Lipinski definition) is 8. The van der Waals surface area contributed by atoms with E-state index in [0.717, 1.165) is 14.2 Å². The lowest BCUT2D eigenvalue weighted by Gasteiger charge is -2.23. The molecule has 0 heterocycles. The van der Waals surface area contributed by atoms with Crippen molar-refractivity contribution in [3.8, 4) is 0 Å². The van der Waals surface area contributed by atoms with Gasteiger partial charge in [0.2, 0.25) is 0 Å². The van der Waals surface area contributed by atoms with Crippen molar-refractivity contribution in [1.29, 1.82) is 0 Å². The van der Waals surface area contributed by atoms with E-state index in [1.807, 2.05) is 0 Å². The first-order valence-electron chi connectivity index (χ1n) is 4.58. The van der Waals surface area contributed by atoms with Crippen LogP contribution in [0.4, 0.5) is 0 Å². The van der Waals surface area contributed by atoms with Crippen LogP contribution in [-0.2, 0) is 32.6 Å². The number of thiocarbonyl (C=S) groups is 1. The van der Waals surface area contributed by atoms with Crippen LogP contribution in [0.25, 0.3) is 0 Å². The smallest absolute Gasteiger partial charge is 0.350 e. The lowest BCUT2D eigenvalue weighted by Crippen LogP contribution is -2.32. The van der Waals surface area contributed by atoms with Gasteiger partial charge in [-0.25, -0.2) is 9.59 Å². The van der Waals surface area contributed by atoms with Gasteiger partial charge >= 0.3 is 11.9 Å². The largest absolute Gasteiger partial charge is 0.465 e. The molecule has 9 heteroatoms. The molecule has 0 aliphatic carbocycles. The molecular weight excluding hydrogens is 283 g/mol. The van der Waals surface area contributed by atoms with Crippen molar-refractivity contribution in [1.82, 2.24) is 0 Å². The van der Waals surface area contributed by atoms with Crippen molar-refractivity contribution in [2.24, 2.45) is 0 Å². The highest BCUT2D eigenvalue weighted by molar-refractivity contribution is 7.87. The fourth-order valence-corrected chi connectivity index (χ4v) is 3.26. The Morgan fingerprint density at radius 3 is 1.50 bits per heavy atom. The summed E-state index contributed by atoms with van der Waals surface area (Å²) in [5.74, 6) is -1.75. The Morgan fingerprint density at radius 2 is 1.22 bits per heavy atom. The van der Waals surface area contributed by atoms with Crippen LogP contribution in [0.1, 0.15) is 0 Å². The Kier molecular flexibility index (Phi) is 7.27. The number of carbonyl (C=O) groups is 2. The first-order valence-corrected chi connectivity index (χ1v) is 6.53. The normalized spacial score (nSPS) is 10.7. The van der Waals surface area contributed by atoms with E-state index in [2.05, 4.69) is 9.47 Å². The quantitative estimate of drug-likeness (QED) is 0.400. The minimum absolute atomic E-state index is 0.292. The van der Waals surface area contributed by atoms with Crippen LogP contribution in [-0.4, -0.2) is 57.6 Å². The van der Waals surface area contributed by atoms with Gasteiger partial charge in [0.1, 0.15) is 4.86 Å². The van der Waals surface area contributed by atoms with E-state index < -0.39 is 24.4 Å². The van der Waals surface area contributed by atoms with Crippen molar-refractivity contribution in [3.63, 3.8) is 0 Å². The van der Waals surface area contributed by atoms with Crippen molar-refractivity contribution in [3.05, 3.63) is 0 Å². The summed E-state index contributed by atoms with van der Waals surface area (Å²) in [6.07, 6.45) is 0. The third-order valence-electron chi connectivity index (χ3n) is 1.96. The zero-order valence-corrected chi connectivity index (χ0v) is 12.4. The predicted molar refractivity (Wildman–Crippen MR) is 69.6 cm³/mol. The minimum Gasteiger partial charge on any atom is -0.465 e. The summed E-state index contributed by atoms with van der Waals surface area (Å²) in [4.78, 5) is 22.8. The second-order valence-electron chi connectivity index (χ2n) is 2.71. The lowest BCUT2D eigenvalue weighted by atomic mass is 10.3. The van der Waals surface area contributed by atoms with Gasteiger partial charge in [-0.3, -0.25) is 0 Å². The summed E-state index contributed by atoms with van der Waals surface area (Å²) in [5, 5.41) is -0.292. The number of methoxy groups -OCH3 is 2. The first kappa shape index (κ1) is 17.2. The van der Waals surface area contributed by atoms with E-state index in [4.69, 9.17) is 25.8 Å². The van der Waals surface area contributed by atoms with E-state index >= 15 is 0 Å². The zero-order valence-electron chi connectivity index (χ0n) is 10.7. The molecule has 104 valence electrons. The highest BCUT2D eigenvalue weighted by Gasteiger charge is 2.36. The van der Waals surface area contributed by atoms with Crippen LogP contribution < -0.4 is 0 Å². The molecule has 0 fully saturated rings. The number of esters is 2. The topological polar surface area (TPSA) is 80.3 Å². The van der Waals surface area contributed by atoms with Gasteiger partial charge in [-0.15, -0.1) is 0 Å². The summed E-state index contributed by atoms with van der Waals surface area (Å²) < 4.78 is 24.2. The molecule has 0 atom stereocenters. The second-order valence-corrected chi connectivity index (χ2v) is 5.65. The molecule has 0 N–H and O–H groups in total. The Hall–Kier alpha value is -0.790. The van der Waals surface area contributed by atoms with Gasteiger partial charge in [-0.1, -0.05) is 12.2 Å².